The molecule has 0 bridgehead atoms. The molecule has 0 saturated carbocycles. The first-order chi connectivity index (χ1) is 11.0. The quantitative estimate of drug-likeness (QED) is 0.729. The fraction of sp³-hybridized carbons (Fsp3) is 0.294. The van der Waals surface area contributed by atoms with Crippen molar-refractivity contribution in [3.8, 4) is 5.75 Å². The highest BCUT2D eigenvalue weighted by atomic mass is 19.4. The van der Waals surface area contributed by atoms with E-state index in [2.05, 4.69) is 10.6 Å². The molecule has 0 unspecified atom stereocenters. The van der Waals surface area contributed by atoms with E-state index < -0.39 is 11.7 Å². The molecule has 0 atom stereocenters. The Balaban J connectivity index is 1.73. The van der Waals surface area contributed by atoms with Gasteiger partial charge in [0.25, 0.3) is 0 Å². The van der Waals surface area contributed by atoms with Crippen LogP contribution in [0.25, 0.3) is 0 Å². The maximum Gasteiger partial charge on any atom is 0.416 e. The Bertz CT molecular complexity index is 612. The summed E-state index contributed by atoms with van der Waals surface area (Å²) >= 11 is 0. The second-order valence-electron chi connectivity index (χ2n) is 5.01. The highest BCUT2D eigenvalue weighted by molar-refractivity contribution is 5.47. The summed E-state index contributed by atoms with van der Waals surface area (Å²) in [5.41, 5.74) is 0.813. The third kappa shape index (κ3) is 5.39. The monoisotopic (exact) mass is 324 g/mol. The predicted octanol–water partition coefficient (Wildman–Crippen LogP) is 4.63. The van der Waals surface area contributed by atoms with Crippen LogP contribution in [0, 0.1) is 0 Å². The number of halogens is 3. The van der Waals surface area contributed by atoms with E-state index in [0.717, 1.165) is 36.5 Å². The standard InChI is InChI=1S/C17H19F3N2O/c1-23-16-8-6-14(7-9-16)21-10-3-11-22-15-5-2-4-13(12-15)17(18,19)20/h2,4-9,12,21-22H,3,10-11H2,1H3. The smallest absolute Gasteiger partial charge is 0.416 e. The Morgan fingerprint density at radius 1 is 0.913 bits per heavy atom. The van der Waals surface area contributed by atoms with Gasteiger partial charge in [-0.25, -0.2) is 0 Å². The van der Waals surface area contributed by atoms with Crippen molar-refractivity contribution in [1.82, 2.24) is 0 Å². The van der Waals surface area contributed by atoms with Crippen LogP contribution in [-0.4, -0.2) is 20.2 Å². The molecule has 0 saturated heterocycles. The lowest BCUT2D eigenvalue weighted by molar-refractivity contribution is -0.137. The summed E-state index contributed by atoms with van der Waals surface area (Å²) in [7, 11) is 1.61. The van der Waals surface area contributed by atoms with E-state index in [9.17, 15) is 13.2 Å². The average Bonchev–Trinajstić information content (AvgIpc) is 2.54. The normalized spacial score (nSPS) is 11.1. The molecule has 124 valence electrons. The number of benzene rings is 2. The van der Waals surface area contributed by atoms with Gasteiger partial charge in [0, 0.05) is 24.5 Å². The van der Waals surface area contributed by atoms with E-state index in [0.29, 0.717) is 12.2 Å². The van der Waals surface area contributed by atoms with Gasteiger partial charge in [-0.15, -0.1) is 0 Å². The molecule has 3 nitrogen and oxygen atoms in total. The average molecular weight is 324 g/mol. The van der Waals surface area contributed by atoms with Crippen molar-refractivity contribution in [3.63, 3.8) is 0 Å². The number of anilines is 2. The molecule has 0 aromatic heterocycles. The molecule has 0 aliphatic heterocycles. The first-order valence-corrected chi connectivity index (χ1v) is 7.28. The highest BCUT2D eigenvalue weighted by Crippen LogP contribution is 2.30. The maximum atomic E-state index is 12.6. The van der Waals surface area contributed by atoms with Crippen LogP contribution >= 0.6 is 0 Å². The molecular weight excluding hydrogens is 305 g/mol. The number of ether oxygens (including phenoxy) is 1. The van der Waals surface area contributed by atoms with E-state index >= 15 is 0 Å². The molecule has 6 heteroatoms. The van der Waals surface area contributed by atoms with Crippen molar-refractivity contribution in [3.05, 3.63) is 54.1 Å². The van der Waals surface area contributed by atoms with E-state index in [1.54, 1.807) is 13.2 Å². The lowest BCUT2D eigenvalue weighted by atomic mass is 10.2. The topological polar surface area (TPSA) is 33.3 Å². The van der Waals surface area contributed by atoms with Gasteiger partial charge >= 0.3 is 6.18 Å². The van der Waals surface area contributed by atoms with Gasteiger partial charge in [0.2, 0.25) is 0 Å². The van der Waals surface area contributed by atoms with Gasteiger partial charge in [0.15, 0.2) is 0 Å². The molecule has 0 heterocycles. The Morgan fingerprint density at radius 2 is 1.57 bits per heavy atom. The molecule has 0 fully saturated rings. The Labute approximate surface area is 133 Å². The fourth-order valence-electron chi connectivity index (χ4n) is 2.07. The van der Waals surface area contributed by atoms with Crippen LogP contribution in [0.3, 0.4) is 0 Å². The Hall–Kier alpha value is -2.37. The summed E-state index contributed by atoms with van der Waals surface area (Å²) in [5, 5.41) is 6.24. The van der Waals surface area contributed by atoms with Crippen LogP contribution in [0.4, 0.5) is 24.5 Å². The van der Waals surface area contributed by atoms with Crippen molar-refractivity contribution < 1.29 is 17.9 Å². The second kappa shape index (κ2) is 7.76. The third-order valence-corrected chi connectivity index (χ3v) is 3.29. The molecule has 0 aliphatic rings. The van der Waals surface area contributed by atoms with Crippen molar-refractivity contribution in [2.45, 2.75) is 12.6 Å². The first-order valence-electron chi connectivity index (χ1n) is 7.28. The lowest BCUT2D eigenvalue weighted by Gasteiger charge is -2.11. The molecule has 0 spiro atoms. The number of hydrogen-bond acceptors (Lipinski definition) is 3. The maximum absolute atomic E-state index is 12.6. The zero-order valence-corrected chi connectivity index (χ0v) is 12.8. The SMILES string of the molecule is COc1ccc(NCCCNc2cccc(C(F)(F)F)c2)cc1. The summed E-state index contributed by atoms with van der Waals surface area (Å²) in [4.78, 5) is 0. The number of alkyl halides is 3. The van der Waals surface area contributed by atoms with E-state index in [1.165, 1.54) is 6.07 Å². The van der Waals surface area contributed by atoms with E-state index in [-0.39, 0.29) is 0 Å². The van der Waals surface area contributed by atoms with Crippen LogP contribution in [-0.2, 0) is 6.18 Å². The van der Waals surface area contributed by atoms with Crippen LogP contribution < -0.4 is 15.4 Å². The molecule has 0 amide bonds. The predicted molar refractivity (Wildman–Crippen MR) is 86.0 cm³/mol. The summed E-state index contributed by atoms with van der Waals surface area (Å²) in [6.07, 6.45) is -3.53. The summed E-state index contributed by atoms with van der Waals surface area (Å²) in [6.45, 7) is 1.31. The lowest BCUT2D eigenvalue weighted by Crippen LogP contribution is -2.10. The molecule has 0 radical (unpaired) electrons. The van der Waals surface area contributed by atoms with Crippen molar-refractivity contribution in [2.24, 2.45) is 0 Å². The fourth-order valence-corrected chi connectivity index (χ4v) is 2.07. The molecule has 2 aromatic rings. The first kappa shape index (κ1) is 17.0. The molecule has 0 aliphatic carbocycles. The van der Waals surface area contributed by atoms with Gasteiger partial charge in [0.1, 0.15) is 5.75 Å². The third-order valence-electron chi connectivity index (χ3n) is 3.29. The molecule has 2 rings (SSSR count). The van der Waals surface area contributed by atoms with E-state index in [4.69, 9.17) is 4.74 Å². The zero-order valence-electron chi connectivity index (χ0n) is 12.8. The molecule has 2 N–H and O–H groups in total. The van der Waals surface area contributed by atoms with Crippen LogP contribution in [0.15, 0.2) is 48.5 Å². The van der Waals surface area contributed by atoms with Crippen molar-refractivity contribution in [1.29, 1.82) is 0 Å². The van der Waals surface area contributed by atoms with Gasteiger partial charge in [0.05, 0.1) is 12.7 Å². The van der Waals surface area contributed by atoms with Crippen molar-refractivity contribution >= 4 is 11.4 Å². The number of methoxy groups -OCH3 is 1. The minimum atomic E-state index is -4.31. The van der Waals surface area contributed by atoms with Gasteiger partial charge in [-0.05, 0) is 48.9 Å². The van der Waals surface area contributed by atoms with Gasteiger partial charge in [-0.2, -0.15) is 13.2 Å². The Morgan fingerprint density at radius 3 is 2.17 bits per heavy atom. The summed E-state index contributed by atoms with van der Waals surface area (Å²) < 4.78 is 42.9. The summed E-state index contributed by atoms with van der Waals surface area (Å²) in [5.74, 6) is 0.793. The zero-order chi connectivity index (χ0) is 16.7. The molecular formula is C17H19F3N2O. The minimum Gasteiger partial charge on any atom is -0.497 e. The summed E-state index contributed by atoms with van der Waals surface area (Å²) in [6, 6.07) is 12.8. The van der Waals surface area contributed by atoms with E-state index in [1.807, 2.05) is 24.3 Å². The molecule has 2 aromatic carbocycles. The number of nitrogens with one attached hydrogen (secondary N) is 2. The second-order valence-corrected chi connectivity index (χ2v) is 5.01. The van der Waals surface area contributed by atoms with Crippen LogP contribution in [0.1, 0.15) is 12.0 Å². The highest BCUT2D eigenvalue weighted by Gasteiger charge is 2.30. The largest absolute Gasteiger partial charge is 0.497 e. The van der Waals surface area contributed by atoms with Gasteiger partial charge in [-0.1, -0.05) is 6.07 Å². The number of rotatable bonds is 7. The van der Waals surface area contributed by atoms with Crippen molar-refractivity contribution in [2.75, 3.05) is 30.8 Å². The molecule has 23 heavy (non-hydrogen) atoms. The van der Waals surface area contributed by atoms with Crippen LogP contribution in [0.2, 0.25) is 0 Å². The number of hydrogen-bond donors (Lipinski definition) is 2. The van der Waals surface area contributed by atoms with Gasteiger partial charge < -0.3 is 15.4 Å². The Kier molecular flexibility index (Phi) is 5.73. The van der Waals surface area contributed by atoms with Crippen LogP contribution in [0.5, 0.6) is 5.75 Å². The minimum absolute atomic E-state index is 0.476. The van der Waals surface area contributed by atoms with Gasteiger partial charge in [-0.3, -0.25) is 0 Å².